The van der Waals surface area contributed by atoms with E-state index in [9.17, 15) is 9.59 Å². The van der Waals surface area contributed by atoms with Gasteiger partial charge in [0.15, 0.2) is 5.12 Å². The van der Waals surface area contributed by atoms with Gasteiger partial charge in [-0.25, -0.2) is 4.79 Å². The maximum Gasteiger partial charge on any atom is 0.336 e. The Labute approximate surface area is 104 Å². The van der Waals surface area contributed by atoms with E-state index in [1.54, 1.807) is 24.3 Å². The Morgan fingerprint density at radius 3 is 2.76 bits per heavy atom. The van der Waals surface area contributed by atoms with Crippen molar-refractivity contribution in [1.29, 1.82) is 0 Å². The molecule has 0 bridgehead atoms. The first-order valence-corrected chi connectivity index (χ1v) is 5.92. The number of anilines is 1. The normalized spacial score (nSPS) is 10.6. The lowest BCUT2D eigenvalue weighted by atomic mass is 10.1. The number of carboxylic acid groups (broad SMARTS) is 1. The molecule has 0 aliphatic carbocycles. The van der Waals surface area contributed by atoms with Crippen molar-refractivity contribution in [3.63, 3.8) is 0 Å². The summed E-state index contributed by atoms with van der Waals surface area (Å²) in [4.78, 5) is 21.7. The van der Waals surface area contributed by atoms with E-state index in [0.29, 0.717) is 17.0 Å². The zero-order valence-electron chi connectivity index (χ0n) is 9.34. The van der Waals surface area contributed by atoms with E-state index < -0.39 is 5.97 Å². The zero-order chi connectivity index (χ0) is 12.8. The second kappa shape index (κ2) is 6.10. The Morgan fingerprint density at radius 2 is 2.18 bits per heavy atom. The number of thioether (sulfide) groups is 1. The van der Waals surface area contributed by atoms with Crippen molar-refractivity contribution in [3.05, 3.63) is 35.4 Å². The van der Waals surface area contributed by atoms with Gasteiger partial charge in [0.2, 0.25) is 0 Å². The van der Waals surface area contributed by atoms with Crippen LogP contribution in [0.5, 0.6) is 0 Å². The van der Waals surface area contributed by atoms with E-state index in [0.717, 1.165) is 0 Å². The molecule has 0 aliphatic heterocycles. The van der Waals surface area contributed by atoms with Crippen molar-refractivity contribution in [2.45, 2.75) is 6.92 Å². The number of nitrogens with two attached hydrogens (primary N) is 1. The summed E-state index contributed by atoms with van der Waals surface area (Å²) in [6, 6.07) is 4.71. The van der Waals surface area contributed by atoms with E-state index in [4.69, 9.17) is 10.8 Å². The molecule has 0 aliphatic rings. The lowest BCUT2D eigenvalue weighted by molar-refractivity contribution is -0.109. The van der Waals surface area contributed by atoms with Gasteiger partial charge in [0.1, 0.15) is 0 Å². The van der Waals surface area contributed by atoms with Crippen molar-refractivity contribution < 1.29 is 14.7 Å². The fraction of sp³-hybridized carbons (Fsp3) is 0.167. The van der Waals surface area contributed by atoms with Gasteiger partial charge in [-0.3, -0.25) is 4.79 Å². The van der Waals surface area contributed by atoms with Gasteiger partial charge in [-0.1, -0.05) is 30.0 Å². The van der Waals surface area contributed by atoms with E-state index in [2.05, 4.69) is 0 Å². The molecule has 1 aromatic rings. The maximum absolute atomic E-state index is 11.0. The average molecular weight is 251 g/mol. The van der Waals surface area contributed by atoms with Gasteiger partial charge in [0.25, 0.3) is 0 Å². The molecule has 90 valence electrons. The fourth-order valence-electron chi connectivity index (χ4n) is 1.24. The van der Waals surface area contributed by atoms with E-state index in [-0.39, 0.29) is 10.7 Å². The van der Waals surface area contributed by atoms with Crippen LogP contribution < -0.4 is 5.73 Å². The van der Waals surface area contributed by atoms with E-state index >= 15 is 0 Å². The van der Waals surface area contributed by atoms with Crippen LogP contribution in [0, 0.1) is 0 Å². The van der Waals surface area contributed by atoms with E-state index in [1.807, 2.05) is 0 Å². The summed E-state index contributed by atoms with van der Waals surface area (Å²) >= 11 is 1.17. The van der Waals surface area contributed by atoms with Gasteiger partial charge in [-0.05, 0) is 17.7 Å². The minimum atomic E-state index is -1.02. The lowest BCUT2D eigenvalue weighted by Gasteiger charge is -2.02. The molecule has 0 aromatic heterocycles. The first-order chi connectivity index (χ1) is 8.00. The second-order valence-electron chi connectivity index (χ2n) is 3.36. The first-order valence-electron chi connectivity index (χ1n) is 4.93. The third-order valence-corrected chi connectivity index (χ3v) is 2.75. The molecule has 0 unspecified atom stereocenters. The van der Waals surface area contributed by atoms with Gasteiger partial charge < -0.3 is 10.8 Å². The minimum Gasteiger partial charge on any atom is -0.478 e. The summed E-state index contributed by atoms with van der Waals surface area (Å²) in [6.45, 7) is 1.49. The Balaban J connectivity index is 2.83. The standard InChI is InChI=1S/C12H13NO3S/c1-8(14)17-6-2-3-9-4-5-10(13)7-11(9)12(15)16/h2-5,7H,6,13H2,1H3,(H,15,16). The molecule has 0 radical (unpaired) electrons. The molecule has 0 heterocycles. The third kappa shape index (κ3) is 4.32. The Kier molecular flexibility index (Phi) is 4.78. The molecular formula is C12H13NO3S. The lowest BCUT2D eigenvalue weighted by Crippen LogP contribution is -2.01. The predicted octanol–water partition coefficient (Wildman–Crippen LogP) is 2.26. The van der Waals surface area contributed by atoms with Crippen molar-refractivity contribution in [1.82, 2.24) is 0 Å². The molecule has 0 atom stereocenters. The van der Waals surface area contributed by atoms with Gasteiger partial charge in [0.05, 0.1) is 5.56 Å². The molecule has 0 saturated heterocycles. The van der Waals surface area contributed by atoms with Crippen LogP contribution in [0.25, 0.3) is 6.08 Å². The SMILES string of the molecule is CC(=O)SCC=Cc1ccc(N)cc1C(=O)O. The van der Waals surface area contributed by atoms with Crippen molar-refractivity contribution in [3.8, 4) is 0 Å². The molecule has 1 rings (SSSR count). The highest BCUT2D eigenvalue weighted by atomic mass is 32.2. The number of rotatable bonds is 4. The van der Waals surface area contributed by atoms with Gasteiger partial charge >= 0.3 is 5.97 Å². The Hall–Kier alpha value is -1.75. The third-order valence-electron chi connectivity index (χ3n) is 1.99. The number of carbonyl (C=O) groups excluding carboxylic acids is 1. The van der Waals surface area contributed by atoms with Crippen LogP contribution in [0.3, 0.4) is 0 Å². The summed E-state index contributed by atoms with van der Waals surface area (Å²) < 4.78 is 0. The van der Waals surface area contributed by atoms with E-state index in [1.165, 1.54) is 24.8 Å². The van der Waals surface area contributed by atoms with Crippen LogP contribution in [0.1, 0.15) is 22.8 Å². The number of aromatic carboxylic acids is 1. The summed E-state index contributed by atoms with van der Waals surface area (Å²) in [5.41, 5.74) is 6.68. The zero-order valence-corrected chi connectivity index (χ0v) is 10.2. The first kappa shape index (κ1) is 13.3. The van der Waals surface area contributed by atoms with Crippen LogP contribution in [0.15, 0.2) is 24.3 Å². The Bertz CT molecular complexity index is 469. The molecule has 5 heteroatoms. The molecular weight excluding hydrogens is 238 g/mol. The molecule has 3 N–H and O–H groups in total. The van der Waals surface area contributed by atoms with Crippen LogP contribution in [0.2, 0.25) is 0 Å². The molecule has 17 heavy (non-hydrogen) atoms. The monoisotopic (exact) mass is 251 g/mol. The highest BCUT2D eigenvalue weighted by Gasteiger charge is 2.07. The number of hydrogen-bond donors (Lipinski definition) is 2. The summed E-state index contributed by atoms with van der Waals surface area (Å²) in [5, 5.41) is 9.02. The molecule has 0 amide bonds. The summed E-state index contributed by atoms with van der Waals surface area (Å²) in [5.74, 6) is -0.491. The van der Waals surface area contributed by atoms with Crippen LogP contribution in [0.4, 0.5) is 5.69 Å². The number of nitrogen functional groups attached to an aromatic ring is 1. The average Bonchev–Trinajstić information content (AvgIpc) is 2.25. The predicted molar refractivity (Wildman–Crippen MR) is 70.0 cm³/mol. The maximum atomic E-state index is 11.0. The van der Waals surface area contributed by atoms with Gasteiger partial charge in [-0.2, -0.15) is 0 Å². The Morgan fingerprint density at radius 1 is 1.47 bits per heavy atom. The molecule has 0 spiro atoms. The topological polar surface area (TPSA) is 80.4 Å². The van der Waals surface area contributed by atoms with Crippen molar-refractivity contribution in [2.24, 2.45) is 0 Å². The fourth-order valence-corrected chi connectivity index (χ4v) is 1.67. The highest BCUT2D eigenvalue weighted by Crippen LogP contribution is 2.16. The summed E-state index contributed by atoms with van der Waals surface area (Å²) in [6.07, 6.45) is 3.43. The van der Waals surface area contributed by atoms with Crippen LogP contribution in [-0.2, 0) is 4.79 Å². The largest absolute Gasteiger partial charge is 0.478 e. The molecule has 0 saturated carbocycles. The van der Waals surface area contributed by atoms with Crippen molar-refractivity contribution in [2.75, 3.05) is 11.5 Å². The molecule has 1 aromatic carbocycles. The van der Waals surface area contributed by atoms with Crippen molar-refractivity contribution >= 4 is 34.6 Å². The quantitative estimate of drug-likeness (QED) is 0.802. The van der Waals surface area contributed by atoms with Crippen LogP contribution in [-0.4, -0.2) is 21.9 Å². The highest BCUT2D eigenvalue weighted by molar-refractivity contribution is 8.13. The van der Waals surface area contributed by atoms with Gasteiger partial charge in [0, 0.05) is 18.4 Å². The number of hydrogen-bond acceptors (Lipinski definition) is 4. The number of benzene rings is 1. The minimum absolute atomic E-state index is 0.0328. The number of carboxylic acids is 1. The van der Waals surface area contributed by atoms with Crippen LogP contribution >= 0.6 is 11.8 Å². The van der Waals surface area contributed by atoms with Gasteiger partial charge in [-0.15, -0.1) is 0 Å². The number of carbonyl (C=O) groups is 2. The molecule has 4 nitrogen and oxygen atoms in total. The summed E-state index contributed by atoms with van der Waals surface area (Å²) in [7, 11) is 0. The second-order valence-corrected chi connectivity index (χ2v) is 4.55. The smallest absolute Gasteiger partial charge is 0.336 e. The molecule has 0 fully saturated rings.